The Bertz CT molecular complexity index is 559. The number of piperidine rings is 1. The first-order valence-electron chi connectivity index (χ1n) is 8.45. The second-order valence-electron chi connectivity index (χ2n) is 6.98. The van der Waals surface area contributed by atoms with E-state index in [9.17, 15) is 4.79 Å². The molecule has 24 heavy (non-hydrogen) atoms. The van der Waals surface area contributed by atoms with Gasteiger partial charge in [0.05, 0.1) is 12.6 Å². The van der Waals surface area contributed by atoms with E-state index in [-0.39, 0.29) is 12.1 Å². The Kier molecular flexibility index (Phi) is 5.85. The van der Waals surface area contributed by atoms with E-state index in [0.717, 1.165) is 31.7 Å². The van der Waals surface area contributed by atoms with Gasteiger partial charge in [0, 0.05) is 26.2 Å². The fraction of sp³-hybridized carbons (Fsp3) is 0.706. The van der Waals surface area contributed by atoms with Gasteiger partial charge >= 0.3 is 6.09 Å². The van der Waals surface area contributed by atoms with E-state index < -0.39 is 5.60 Å². The van der Waals surface area contributed by atoms with Gasteiger partial charge in [-0.15, -0.1) is 0 Å². The number of carbonyl (C=O) groups excluding carboxylic acids is 1. The molecular formula is C17H28N4O3. The van der Waals surface area contributed by atoms with Gasteiger partial charge in [0.15, 0.2) is 0 Å². The van der Waals surface area contributed by atoms with Gasteiger partial charge in [-0.2, -0.15) is 0 Å². The van der Waals surface area contributed by atoms with Crippen molar-refractivity contribution in [3.63, 3.8) is 0 Å². The van der Waals surface area contributed by atoms with Crippen LogP contribution in [0.3, 0.4) is 0 Å². The van der Waals surface area contributed by atoms with Crippen molar-refractivity contribution in [3.8, 4) is 5.88 Å². The average molecular weight is 336 g/mol. The molecule has 1 aromatic heterocycles. The van der Waals surface area contributed by atoms with Gasteiger partial charge < -0.3 is 19.3 Å². The molecule has 134 valence electrons. The van der Waals surface area contributed by atoms with Crippen molar-refractivity contribution in [3.05, 3.63) is 12.4 Å². The molecule has 1 amide bonds. The molecule has 1 unspecified atom stereocenters. The van der Waals surface area contributed by atoms with Gasteiger partial charge in [-0.1, -0.05) is 0 Å². The van der Waals surface area contributed by atoms with Crippen LogP contribution in [0.5, 0.6) is 5.88 Å². The van der Waals surface area contributed by atoms with Crippen molar-refractivity contribution < 1.29 is 14.3 Å². The number of likely N-dealkylation sites (N-methyl/N-ethyl adjacent to an activating group) is 1. The second-order valence-corrected chi connectivity index (χ2v) is 6.98. The largest absolute Gasteiger partial charge is 0.478 e. The van der Waals surface area contributed by atoms with Gasteiger partial charge in [0.25, 0.3) is 0 Å². The SMILES string of the molecule is CCOc1cc(N2CCCC(N(C)C(=O)OC(C)(C)C)C2)ncn1. The molecule has 0 bridgehead atoms. The Morgan fingerprint density at radius 1 is 1.42 bits per heavy atom. The molecule has 0 spiro atoms. The van der Waals surface area contributed by atoms with Crippen LogP contribution in [0.4, 0.5) is 10.6 Å². The Labute approximate surface area is 144 Å². The van der Waals surface area contributed by atoms with Crippen LogP contribution in [0.2, 0.25) is 0 Å². The summed E-state index contributed by atoms with van der Waals surface area (Å²) in [4.78, 5) is 24.6. The number of anilines is 1. The van der Waals surface area contributed by atoms with Crippen molar-refractivity contribution in [1.29, 1.82) is 0 Å². The third-order valence-corrected chi connectivity index (χ3v) is 3.87. The number of carbonyl (C=O) groups is 1. The van der Waals surface area contributed by atoms with E-state index in [2.05, 4.69) is 14.9 Å². The van der Waals surface area contributed by atoms with Crippen LogP contribution in [0, 0.1) is 0 Å². The van der Waals surface area contributed by atoms with Crippen LogP contribution in [0.25, 0.3) is 0 Å². The molecule has 0 N–H and O–H groups in total. The average Bonchev–Trinajstić information content (AvgIpc) is 2.53. The molecule has 7 nitrogen and oxygen atoms in total. The van der Waals surface area contributed by atoms with Gasteiger partial charge in [0.1, 0.15) is 17.7 Å². The lowest BCUT2D eigenvalue weighted by atomic mass is 10.0. The number of ether oxygens (including phenoxy) is 2. The van der Waals surface area contributed by atoms with E-state index in [1.54, 1.807) is 11.9 Å². The number of rotatable bonds is 4. The molecule has 1 fully saturated rings. The fourth-order valence-electron chi connectivity index (χ4n) is 2.69. The van der Waals surface area contributed by atoms with Crippen molar-refractivity contribution in [2.75, 3.05) is 31.6 Å². The minimum atomic E-state index is -0.487. The van der Waals surface area contributed by atoms with Gasteiger partial charge in [-0.3, -0.25) is 0 Å². The smallest absolute Gasteiger partial charge is 0.410 e. The van der Waals surface area contributed by atoms with E-state index in [1.807, 2.05) is 33.8 Å². The Balaban J connectivity index is 2.03. The lowest BCUT2D eigenvalue weighted by Crippen LogP contribution is -2.50. The van der Waals surface area contributed by atoms with Gasteiger partial charge in [-0.25, -0.2) is 14.8 Å². The standard InChI is InChI=1S/C17H28N4O3/c1-6-23-15-10-14(18-12-19-15)21-9-7-8-13(11-21)20(5)16(22)24-17(2,3)4/h10,12-13H,6-9,11H2,1-5H3. The van der Waals surface area contributed by atoms with Gasteiger partial charge in [-0.05, 0) is 40.5 Å². The summed E-state index contributed by atoms with van der Waals surface area (Å²) in [6, 6.07) is 1.94. The number of nitrogens with zero attached hydrogens (tertiary/aromatic N) is 4. The lowest BCUT2D eigenvalue weighted by molar-refractivity contribution is 0.0209. The second kappa shape index (κ2) is 7.68. The summed E-state index contributed by atoms with van der Waals surface area (Å²) < 4.78 is 10.9. The van der Waals surface area contributed by atoms with Crippen LogP contribution in [-0.2, 0) is 4.74 Å². The van der Waals surface area contributed by atoms with Crippen LogP contribution < -0.4 is 9.64 Å². The highest BCUT2D eigenvalue weighted by atomic mass is 16.6. The summed E-state index contributed by atoms with van der Waals surface area (Å²) >= 11 is 0. The lowest BCUT2D eigenvalue weighted by Gasteiger charge is -2.38. The zero-order valence-electron chi connectivity index (χ0n) is 15.3. The monoisotopic (exact) mass is 336 g/mol. The maximum Gasteiger partial charge on any atom is 0.410 e. The van der Waals surface area contributed by atoms with Crippen molar-refractivity contribution in [2.45, 2.75) is 52.2 Å². The highest BCUT2D eigenvalue weighted by Crippen LogP contribution is 2.23. The molecule has 1 atom stereocenters. The summed E-state index contributed by atoms with van der Waals surface area (Å²) in [5.74, 6) is 1.40. The number of aromatic nitrogens is 2. The topological polar surface area (TPSA) is 67.8 Å². The minimum absolute atomic E-state index is 0.0964. The normalized spacial score (nSPS) is 18.2. The molecule has 0 saturated carbocycles. The summed E-state index contributed by atoms with van der Waals surface area (Å²) in [7, 11) is 1.80. The molecular weight excluding hydrogens is 308 g/mol. The Hall–Kier alpha value is -2.05. The maximum absolute atomic E-state index is 12.3. The molecule has 2 heterocycles. The molecule has 1 aliphatic rings. The molecule has 1 aliphatic heterocycles. The fourth-order valence-corrected chi connectivity index (χ4v) is 2.69. The van der Waals surface area contributed by atoms with Crippen LogP contribution in [0.1, 0.15) is 40.5 Å². The zero-order valence-corrected chi connectivity index (χ0v) is 15.3. The molecule has 1 saturated heterocycles. The third-order valence-electron chi connectivity index (χ3n) is 3.87. The molecule has 0 aliphatic carbocycles. The van der Waals surface area contributed by atoms with Crippen LogP contribution in [-0.4, -0.2) is 59.3 Å². The van der Waals surface area contributed by atoms with E-state index in [1.165, 1.54) is 6.33 Å². The molecule has 2 rings (SSSR count). The molecule has 7 heteroatoms. The van der Waals surface area contributed by atoms with E-state index >= 15 is 0 Å². The predicted molar refractivity (Wildman–Crippen MR) is 92.4 cm³/mol. The zero-order chi connectivity index (χ0) is 17.7. The molecule has 1 aromatic rings. The number of hydrogen-bond acceptors (Lipinski definition) is 6. The number of amides is 1. The van der Waals surface area contributed by atoms with Crippen molar-refractivity contribution >= 4 is 11.9 Å². The molecule has 0 aromatic carbocycles. The quantitative estimate of drug-likeness (QED) is 0.842. The highest BCUT2D eigenvalue weighted by Gasteiger charge is 2.29. The summed E-state index contributed by atoms with van der Waals surface area (Å²) in [6.45, 7) is 9.75. The first kappa shape index (κ1) is 18.3. The number of hydrogen-bond donors (Lipinski definition) is 0. The van der Waals surface area contributed by atoms with E-state index in [4.69, 9.17) is 9.47 Å². The third kappa shape index (κ3) is 4.97. The van der Waals surface area contributed by atoms with Crippen LogP contribution >= 0.6 is 0 Å². The van der Waals surface area contributed by atoms with Crippen molar-refractivity contribution in [1.82, 2.24) is 14.9 Å². The first-order chi connectivity index (χ1) is 11.3. The molecule has 0 radical (unpaired) electrons. The van der Waals surface area contributed by atoms with Gasteiger partial charge in [0.2, 0.25) is 5.88 Å². The minimum Gasteiger partial charge on any atom is -0.478 e. The predicted octanol–water partition coefficient (Wildman–Crippen LogP) is 2.71. The van der Waals surface area contributed by atoms with Crippen LogP contribution in [0.15, 0.2) is 12.4 Å². The Morgan fingerprint density at radius 2 is 2.17 bits per heavy atom. The first-order valence-corrected chi connectivity index (χ1v) is 8.45. The maximum atomic E-state index is 12.3. The summed E-state index contributed by atoms with van der Waals surface area (Å²) in [5.41, 5.74) is -0.487. The Morgan fingerprint density at radius 3 is 2.83 bits per heavy atom. The summed E-state index contributed by atoms with van der Waals surface area (Å²) in [6.07, 6.45) is 3.18. The highest BCUT2D eigenvalue weighted by molar-refractivity contribution is 5.68. The summed E-state index contributed by atoms with van der Waals surface area (Å²) in [5, 5.41) is 0. The van der Waals surface area contributed by atoms with E-state index in [0.29, 0.717) is 12.5 Å². The van der Waals surface area contributed by atoms with Crippen molar-refractivity contribution in [2.24, 2.45) is 0 Å².